The molecule has 1 aliphatic rings. The number of rotatable bonds is 27. The zero-order chi connectivity index (χ0) is 26.8. The van der Waals surface area contributed by atoms with Crippen molar-refractivity contribution >= 4 is 0 Å². The van der Waals surface area contributed by atoms with Gasteiger partial charge in [0.25, 0.3) is 0 Å². The molecule has 1 aliphatic carbocycles. The summed E-state index contributed by atoms with van der Waals surface area (Å²) in [6.45, 7) is 11.0. The summed E-state index contributed by atoms with van der Waals surface area (Å²) in [6, 6.07) is 0.657. The van der Waals surface area contributed by atoms with Crippen LogP contribution in [0, 0.1) is 0 Å². The SMILES string of the molecule is CCCCCCCCCCCCOCC(CN(C)CCN(CCO)C1CCCCC1)OCCCCCC. The molecule has 0 saturated heterocycles. The average Bonchev–Trinajstić information content (AvgIpc) is 2.91. The lowest BCUT2D eigenvalue weighted by molar-refractivity contribution is -0.0325. The fraction of sp³-hybridized carbons (Fsp3) is 1.00. The van der Waals surface area contributed by atoms with Crippen LogP contribution >= 0.6 is 0 Å². The number of hydrogen-bond donors (Lipinski definition) is 1. The summed E-state index contributed by atoms with van der Waals surface area (Å²) in [5.74, 6) is 0. The molecule has 1 saturated carbocycles. The standard InChI is InChI=1S/C32H66N2O3/c1-4-6-8-10-11-12-13-14-15-19-27-36-30-32(37-28-20-9-7-5-2)29-33(3)23-24-34(25-26-35)31-21-17-16-18-22-31/h31-32,35H,4-30H2,1-3H3. The smallest absolute Gasteiger partial charge is 0.0934 e. The summed E-state index contributed by atoms with van der Waals surface area (Å²) in [5.41, 5.74) is 0. The first kappa shape index (κ1) is 34.8. The summed E-state index contributed by atoms with van der Waals surface area (Å²) in [5, 5.41) is 9.59. The van der Waals surface area contributed by atoms with Crippen LogP contribution in [-0.4, -0.2) is 86.7 Å². The molecule has 222 valence electrons. The number of ether oxygens (including phenoxy) is 2. The molecule has 1 atom stereocenters. The third-order valence-electron chi connectivity index (χ3n) is 8.06. The van der Waals surface area contributed by atoms with Gasteiger partial charge in [-0.15, -0.1) is 0 Å². The molecule has 0 aliphatic heterocycles. The van der Waals surface area contributed by atoms with Crippen LogP contribution in [0.5, 0.6) is 0 Å². The van der Waals surface area contributed by atoms with Crippen molar-refractivity contribution in [3.63, 3.8) is 0 Å². The van der Waals surface area contributed by atoms with Gasteiger partial charge in [-0.1, -0.05) is 110 Å². The van der Waals surface area contributed by atoms with E-state index in [4.69, 9.17) is 9.47 Å². The largest absolute Gasteiger partial charge is 0.395 e. The molecule has 1 N–H and O–H groups in total. The van der Waals surface area contributed by atoms with Crippen molar-refractivity contribution in [1.82, 2.24) is 9.80 Å². The highest BCUT2D eigenvalue weighted by molar-refractivity contribution is 4.77. The molecule has 0 spiro atoms. The number of likely N-dealkylation sites (N-methyl/N-ethyl adjacent to an activating group) is 1. The third-order valence-corrected chi connectivity index (χ3v) is 8.06. The first-order valence-corrected chi connectivity index (χ1v) is 16.4. The maximum absolute atomic E-state index is 9.59. The fourth-order valence-corrected chi connectivity index (χ4v) is 5.63. The van der Waals surface area contributed by atoms with Crippen LogP contribution in [-0.2, 0) is 9.47 Å². The minimum absolute atomic E-state index is 0.149. The molecule has 37 heavy (non-hydrogen) atoms. The highest BCUT2D eigenvalue weighted by Gasteiger charge is 2.21. The molecule has 5 heteroatoms. The van der Waals surface area contributed by atoms with E-state index in [1.165, 1.54) is 116 Å². The number of aliphatic hydroxyl groups excluding tert-OH is 1. The molecule has 0 radical (unpaired) electrons. The third kappa shape index (κ3) is 20.4. The van der Waals surface area contributed by atoms with E-state index >= 15 is 0 Å². The minimum Gasteiger partial charge on any atom is -0.395 e. The second-order valence-corrected chi connectivity index (χ2v) is 11.6. The van der Waals surface area contributed by atoms with Gasteiger partial charge in [-0.3, -0.25) is 4.90 Å². The predicted octanol–water partition coefficient (Wildman–Crippen LogP) is 7.45. The van der Waals surface area contributed by atoms with Gasteiger partial charge in [0, 0.05) is 45.4 Å². The van der Waals surface area contributed by atoms with Crippen molar-refractivity contribution in [3.8, 4) is 0 Å². The van der Waals surface area contributed by atoms with E-state index < -0.39 is 0 Å². The molecule has 1 unspecified atom stereocenters. The summed E-state index contributed by atoms with van der Waals surface area (Å²) >= 11 is 0. The fourth-order valence-electron chi connectivity index (χ4n) is 5.63. The minimum atomic E-state index is 0.149. The van der Waals surface area contributed by atoms with Crippen LogP contribution in [0.2, 0.25) is 0 Å². The molecule has 0 aromatic rings. The lowest BCUT2D eigenvalue weighted by Gasteiger charge is -2.35. The Balaban J connectivity index is 2.27. The quantitative estimate of drug-likeness (QED) is 0.113. The van der Waals surface area contributed by atoms with Crippen LogP contribution in [0.15, 0.2) is 0 Å². The Morgan fingerprint density at radius 2 is 1.27 bits per heavy atom. The van der Waals surface area contributed by atoms with Gasteiger partial charge in [0.1, 0.15) is 0 Å². The van der Waals surface area contributed by atoms with Crippen LogP contribution in [0.1, 0.15) is 136 Å². The Kier molecular flexibility index (Phi) is 24.5. The zero-order valence-corrected chi connectivity index (χ0v) is 25.4. The van der Waals surface area contributed by atoms with Gasteiger partial charge in [0.2, 0.25) is 0 Å². The predicted molar refractivity (Wildman–Crippen MR) is 160 cm³/mol. The molecular weight excluding hydrogens is 460 g/mol. The molecular formula is C32H66N2O3. The van der Waals surface area contributed by atoms with Gasteiger partial charge in [0.05, 0.1) is 19.3 Å². The first-order chi connectivity index (χ1) is 18.2. The van der Waals surface area contributed by atoms with Crippen LogP contribution in [0.4, 0.5) is 0 Å². The molecule has 0 heterocycles. The van der Waals surface area contributed by atoms with E-state index in [1.54, 1.807) is 0 Å². The normalized spacial score (nSPS) is 15.7. The molecule has 0 bridgehead atoms. The van der Waals surface area contributed by atoms with E-state index in [0.29, 0.717) is 12.6 Å². The Hall–Kier alpha value is -0.200. The number of hydrogen-bond acceptors (Lipinski definition) is 5. The van der Waals surface area contributed by atoms with E-state index in [-0.39, 0.29) is 12.7 Å². The lowest BCUT2D eigenvalue weighted by atomic mass is 9.94. The van der Waals surface area contributed by atoms with Crippen molar-refractivity contribution in [3.05, 3.63) is 0 Å². The Morgan fingerprint density at radius 3 is 1.89 bits per heavy atom. The van der Waals surface area contributed by atoms with Crippen LogP contribution < -0.4 is 0 Å². The van der Waals surface area contributed by atoms with Crippen molar-refractivity contribution in [2.45, 2.75) is 148 Å². The average molecular weight is 527 g/mol. The van der Waals surface area contributed by atoms with Gasteiger partial charge in [-0.05, 0) is 32.7 Å². The lowest BCUT2D eigenvalue weighted by Crippen LogP contribution is -2.44. The van der Waals surface area contributed by atoms with Gasteiger partial charge in [-0.25, -0.2) is 0 Å². The van der Waals surface area contributed by atoms with E-state index in [2.05, 4.69) is 30.7 Å². The van der Waals surface area contributed by atoms with Crippen LogP contribution in [0.3, 0.4) is 0 Å². The first-order valence-electron chi connectivity index (χ1n) is 16.4. The molecule has 0 amide bonds. The highest BCUT2D eigenvalue weighted by atomic mass is 16.5. The second kappa shape index (κ2) is 26.0. The Labute approximate surface area is 232 Å². The summed E-state index contributed by atoms with van der Waals surface area (Å²) in [4.78, 5) is 4.94. The number of nitrogens with zero attached hydrogens (tertiary/aromatic N) is 2. The molecule has 0 aromatic carbocycles. The summed E-state index contributed by atoms with van der Waals surface area (Å²) in [6.07, 6.45) is 25.4. The highest BCUT2D eigenvalue weighted by Crippen LogP contribution is 2.22. The topological polar surface area (TPSA) is 45.2 Å². The number of unbranched alkanes of at least 4 members (excludes halogenated alkanes) is 12. The van der Waals surface area contributed by atoms with Crippen molar-refractivity contribution in [2.24, 2.45) is 0 Å². The second-order valence-electron chi connectivity index (χ2n) is 11.6. The van der Waals surface area contributed by atoms with E-state index in [0.717, 1.165) is 45.8 Å². The zero-order valence-electron chi connectivity index (χ0n) is 25.4. The summed E-state index contributed by atoms with van der Waals surface area (Å²) < 4.78 is 12.4. The van der Waals surface area contributed by atoms with Crippen molar-refractivity contribution in [2.75, 3.05) is 59.7 Å². The molecule has 1 rings (SSSR count). The van der Waals surface area contributed by atoms with E-state index in [9.17, 15) is 5.11 Å². The molecule has 5 nitrogen and oxygen atoms in total. The van der Waals surface area contributed by atoms with Gasteiger partial charge < -0.3 is 19.5 Å². The summed E-state index contributed by atoms with van der Waals surface area (Å²) in [7, 11) is 2.22. The number of aliphatic hydroxyl groups is 1. The molecule has 0 aromatic heterocycles. The monoisotopic (exact) mass is 527 g/mol. The van der Waals surface area contributed by atoms with Crippen LogP contribution in [0.25, 0.3) is 0 Å². The van der Waals surface area contributed by atoms with Crippen molar-refractivity contribution < 1.29 is 14.6 Å². The van der Waals surface area contributed by atoms with E-state index in [1.807, 2.05) is 0 Å². The maximum Gasteiger partial charge on any atom is 0.0934 e. The van der Waals surface area contributed by atoms with Gasteiger partial charge in [0.15, 0.2) is 0 Å². The van der Waals surface area contributed by atoms with Gasteiger partial charge >= 0.3 is 0 Å². The Morgan fingerprint density at radius 1 is 0.703 bits per heavy atom. The Bertz CT molecular complexity index is 459. The maximum atomic E-state index is 9.59. The van der Waals surface area contributed by atoms with Crippen molar-refractivity contribution in [1.29, 1.82) is 0 Å². The molecule has 1 fully saturated rings. The van der Waals surface area contributed by atoms with Gasteiger partial charge in [-0.2, -0.15) is 0 Å².